The summed E-state index contributed by atoms with van der Waals surface area (Å²) in [6.45, 7) is 0. The first-order valence-electron chi connectivity index (χ1n) is 8.64. The molecule has 10 heteroatoms. The van der Waals surface area contributed by atoms with Gasteiger partial charge in [0.15, 0.2) is 0 Å². The maximum absolute atomic E-state index is 2.26. The van der Waals surface area contributed by atoms with Gasteiger partial charge in [-0.05, 0) is 60.7 Å². The van der Waals surface area contributed by atoms with E-state index in [4.69, 9.17) is 0 Å². The molecule has 0 aromatic carbocycles. The van der Waals surface area contributed by atoms with Gasteiger partial charge in [0.05, 0.1) is 40.1 Å². The van der Waals surface area contributed by atoms with Gasteiger partial charge in [0, 0.05) is 0 Å². The Hall–Kier alpha value is -0.400. The van der Waals surface area contributed by atoms with E-state index in [1.807, 2.05) is 113 Å². The van der Waals surface area contributed by atoms with Crippen molar-refractivity contribution < 1.29 is 0 Å². The summed E-state index contributed by atoms with van der Waals surface area (Å²) in [6, 6.07) is 22.6. The first-order valence-corrected chi connectivity index (χ1v) is 16.8. The van der Waals surface area contributed by atoms with Crippen LogP contribution < -0.4 is 0 Å². The molecule has 0 aliphatic rings. The van der Waals surface area contributed by atoms with Gasteiger partial charge < -0.3 is 0 Å². The fraction of sp³-hybridized carbons (Fsp3) is 0. The van der Waals surface area contributed by atoms with Gasteiger partial charge in [-0.15, -0.1) is 113 Å². The lowest BCUT2D eigenvalue weighted by Gasteiger charge is -1.78. The normalized spacial score (nSPS) is 11.3. The molecule has 0 N–H and O–H groups in total. The molecule has 0 spiro atoms. The van der Waals surface area contributed by atoms with Crippen LogP contribution >= 0.6 is 113 Å². The zero-order chi connectivity index (χ0) is 19.9. The molecule has 0 nitrogen and oxygen atoms in total. The van der Waals surface area contributed by atoms with E-state index in [1.54, 1.807) is 0 Å². The van der Waals surface area contributed by atoms with Gasteiger partial charge in [-0.25, -0.2) is 0 Å². The molecule has 6 aromatic rings. The maximum Gasteiger partial charge on any atom is 0.0822 e. The Morgan fingerprint density at radius 3 is 0.400 bits per heavy atom. The van der Waals surface area contributed by atoms with Gasteiger partial charge in [-0.1, -0.05) is 0 Å². The molecule has 0 amide bonds. The zero-order valence-corrected chi connectivity index (χ0v) is 23.0. The van der Waals surface area contributed by atoms with Gasteiger partial charge in [-0.3, -0.25) is 0 Å². The minimum absolute atomic E-state index is 1.36. The summed E-state index contributed by atoms with van der Waals surface area (Å²) in [5, 5.41) is 0. The predicted molar refractivity (Wildman–Crippen MR) is 154 cm³/mol. The van der Waals surface area contributed by atoms with Gasteiger partial charge in [0.2, 0.25) is 0 Å². The van der Waals surface area contributed by atoms with E-state index >= 15 is 0 Å². The molecule has 6 heterocycles. The fourth-order valence-electron chi connectivity index (χ4n) is 2.56. The van der Waals surface area contributed by atoms with Crippen molar-refractivity contribution in [2.75, 3.05) is 0 Å². The first-order chi connectivity index (χ1) is 14.7. The number of thiophene rings is 5. The molecule has 0 aliphatic heterocycles. The van der Waals surface area contributed by atoms with Crippen LogP contribution in [0.1, 0.15) is 0 Å². The van der Waals surface area contributed by atoms with Crippen molar-refractivity contribution in [2.45, 2.75) is 0 Å². The van der Waals surface area contributed by atoms with Crippen LogP contribution in [0, 0.1) is 0 Å². The van der Waals surface area contributed by atoms with E-state index in [0.29, 0.717) is 0 Å². The first kappa shape index (κ1) is 20.2. The molecule has 150 valence electrons. The standard InChI is InChI=1S/C20H10S10/c1-2-12-21-11(1)26-13-3-4-15(22-13)28-17-7-8-19(24-17)30-20-10-9-18(25-20)29-16-6-5-14(23-16)27-12/h1-10H. The molecule has 0 atom stereocenters. The highest BCUT2D eigenvalue weighted by molar-refractivity contribution is 7.59. The second-order valence-electron chi connectivity index (χ2n) is 5.88. The molecule has 6 rings (SSSR count). The minimum atomic E-state index is 1.36. The van der Waals surface area contributed by atoms with Crippen molar-refractivity contribution in [1.29, 1.82) is 0 Å². The summed E-state index contributed by atoms with van der Waals surface area (Å²) in [6.07, 6.45) is 0. The maximum atomic E-state index is 2.26. The Morgan fingerprint density at radius 2 is 0.300 bits per heavy atom. The highest BCUT2D eigenvalue weighted by atomic mass is 32.2. The van der Waals surface area contributed by atoms with Crippen LogP contribution in [0.4, 0.5) is 0 Å². The number of hydrogen-bond donors (Lipinski definition) is 0. The summed E-state index contributed by atoms with van der Waals surface area (Å²) in [4.78, 5) is 0. The van der Waals surface area contributed by atoms with E-state index in [1.165, 1.54) is 40.1 Å². The van der Waals surface area contributed by atoms with Crippen molar-refractivity contribution in [3.63, 3.8) is 0 Å². The predicted octanol–water partition coefficient (Wildman–Crippen LogP) is 12.0. The lowest BCUT2D eigenvalue weighted by atomic mass is 10.7. The molecular formula is C20H10S10. The summed E-state index contributed by atoms with van der Waals surface area (Å²) in [5.74, 6) is 0. The molecule has 30 heavy (non-hydrogen) atoms. The van der Waals surface area contributed by atoms with Gasteiger partial charge in [0.25, 0.3) is 0 Å². The van der Waals surface area contributed by atoms with Gasteiger partial charge in [0.1, 0.15) is 0 Å². The Balaban J connectivity index is 1.65. The monoisotopic (exact) mass is 570 g/mol. The number of fused-ring (bicyclic) bond motifs is 10. The number of hydrogen-bond acceptors (Lipinski definition) is 10. The zero-order valence-electron chi connectivity index (χ0n) is 14.9. The van der Waals surface area contributed by atoms with Crippen LogP contribution in [0.3, 0.4) is 0 Å². The molecule has 0 fully saturated rings. The van der Waals surface area contributed by atoms with E-state index in [2.05, 4.69) is 60.7 Å². The molecule has 6 aromatic heterocycles. The third kappa shape index (κ3) is 4.68. The molecule has 0 saturated carbocycles. The van der Waals surface area contributed by atoms with Gasteiger partial charge >= 0.3 is 0 Å². The van der Waals surface area contributed by atoms with Crippen molar-refractivity contribution in [2.24, 2.45) is 0 Å². The van der Waals surface area contributed by atoms with Crippen LogP contribution in [-0.2, 0) is 0 Å². The SMILES string of the molecule is c1cc2sc1sc1ccc(s1)sc1ccc(s1)sc1ccc(s1)sc1ccc(s1)s2. The summed E-state index contributed by atoms with van der Waals surface area (Å²) >= 11 is 18.9. The summed E-state index contributed by atoms with van der Waals surface area (Å²) < 4.78 is 13.6. The van der Waals surface area contributed by atoms with E-state index in [9.17, 15) is 0 Å². The summed E-state index contributed by atoms with van der Waals surface area (Å²) in [7, 11) is 0. The lowest BCUT2D eigenvalue weighted by Crippen LogP contribution is -1.35. The number of rotatable bonds is 0. The van der Waals surface area contributed by atoms with Crippen molar-refractivity contribution in [1.82, 2.24) is 0 Å². The van der Waals surface area contributed by atoms with Crippen LogP contribution in [0.2, 0.25) is 0 Å². The molecule has 10 bridgehead atoms. The van der Waals surface area contributed by atoms with E-state index in [0.717, 1.165) is 0 Å². The molecular weight excluding hydrogens is 561 g/mol. The highest BCUT2D eigenvalue weighted by Gasteiger charge is 1.97. The average Bonchev–Trinajstić information content (AvgIpc) is 3.52. The second-order valence-corrected chi connectivity index (χ2v) is 19.3. The molecule has 0 aliphatic carbocycles. The molecule has 0 unspecified atom stereocenters. The van der Waals surface area contributed by atoms with Crippen LogP contribution in [-0.4, -0.2) is 0 Å². The van der Waals surface area contributed by atoms with Crippen molar-refractivity contribution >= 4 is 154 Å². The Bertz CT molecular complexity index is 1270. The third-order valence-electron chi connectivity index (χ3n) is 3.79. The van der Waals surface area contributed by atoms with Crippen molar-refractivity contribution in [3.8, 4) is 0 Å². The quantitative estimate of drug-likeness (QED) is 0.170. The smallest absolute Gasteiger partial charge is 0.0822 e. The second kappa shape index (κ2) is 8.86. The van der Waals surface area contributed by atoms with Crippen LogP contribution in [0.15, 0.2) is 60.7 Å². The average molecular weight is 571 g/mol. The van der Waals surface area contributed by atoms with Crippen LogP contribution in [0.5, 0.6) is 0 Å². The van der Waals surface area contributed by atoms with E-state index < -0.39 is 0 Å². The van der Waals surface area contributed by atoms with Gasteiger partial charge in [-0.2, -0.15) is 0 Å². The van der Waals surface area contributed by atoms with Crippen molar-refractivity contribution in [3.05, 3.63) is 60.7 Å². The Kier molecular flexibility index (Phi) is 5.97. The lowest BCUT2D eigenvalue weighted by molar-refractivity contribution is 2.18. The topological polar surface area (TPSA) is 0 Å². The molecule has 0 saturated heterocycles. The third-order valence-corrected chi connectivity index (χ3v) is 15.5. The fourth-order valence-corrected chi connectivity index (χ4v) is 15.9. The van der Waals surface area contributed by atoms with E-state index in [-0.39, 0.29) is 0 Å². The Morgan fingerprint density at radius 1 is 0.200 bits per heavy atom. The Labute approximate surface area is 211 Å². The van der Waals surface area contributed by atoms with Crippen LogP contribution in [0.25, 0.3) is 40.1 Å². The summed E-state index contributed by atoms with van der Waals surface area (Å²) in [5.41, 5.74) is 0. The minimum Gasteiger partial charge on any atom is -0.114 e. The largest absolute Gasteiger partial charge is 0.114 e. The highest BCUT2D eigenvalue weighted by Crippen LogP contribution is 2.36. The molecule has 0 radical (unpaired) electrons.